The van der Waals surface area contributed by atoms with Crippen molar-refractivity contribution < 1.29 is 47.3 Å². The monoisotopic (exact) mass is 607 g/mol. The largest absolute Gasteiger partial charge is 0.459 e. The van der Waals surface area contributed by atoms with E-state index in [1.54, 1.807) is 6.07 Å². The Morgan fingerprint density at radius 3 is 2.14 bits per heavy atom. The molecule has 0 unspecified atom stereocenters. The van der Waals surface area contributed by atoms with Crippen molar-refractivity contribution in [2.24, 2.45) is 17.8 Å². The van der Waals surface area contributed by atoms with Crippen molar-refractivity contribution in [3.63, 3.8) is 0 Å². The molecular weight excluding hydrogens is 573 g/mol. The molecule has 2 aromatic heterocycles. The van der Waals surface area contributed by atoms with Gasteiger partial charge in [-0.1, -0.05) is 47.6 Å². The molecule has 14 nitrogen and oxygen atoms in total. The number of nitrogens with zero attached hydrogens (tertiary/aromatic N) is 3. The van der Waals surface area contributed by atoms with Crippen LogP contribution in [-0.2, 0) is 44.8 Å². The standard InChI is InChI=1S/C28H34FN3O11/c1-15(2)23(34)39-13-28(29)21(42-25(36)17(5)6)20(41-24(35)16(3)4)22(43-28)31-12-10-19(33)32(27(31)38)14-40-26(37)18-9-7-8-11-30-18/h7-12,15-17,20-22H,13-14H2,1-6H3/t20-,21+,22-,28-/m1/s1. The first-order valence-electron chi connectivity index (χ1n) is 13.5. The molecule has 1 aliphatic rings. The van der Waals surface area contributed by atoms with Gasteiger partial charge in [0.2, 0.25) is 6.10 Å². The second kappa shape index (κ2) is 13.7. The number of aromatic nitrogens is 3. The molecule has 3 rings (SSSR count). The maximum Gasteiger partial charge on any atom is 0.358 e. The summed E-state index contributed by atoms with van der Waals surface area (Å²) in [5, 5.41) is 0. The fourth-order valence-electron chi connectivity index (χ4n) is 3.73. The Balaban J connectivity index is 2.06. The first-order valence-corrected chi connectivity index (χ1v) is 13.5. The van der Waals surface area contributed by atoms with Crippen molar-refractivity contribution in [3.05, 3.63) is 63.2 Å². The minimum atomic E-state index is -3.09. The van der Waals surface area contributed by atoms with Crippen molar-refractivity contribution >= 4 is 23.9 Å². The summed E-state index contributed by atoms with van der Waals surface area (Å²) in [5.74, 6) is -8.68. The molecule has 0 saturated carbocycles. The van der Waals surface area contributed by atoms with Gasteiger partial charge in [-0.3, -0.25) is 23.7 Å². The number of hydrogen-bond acceptors (Lipinski definition) is 12. The Morgan fingerprint density at radius 1 is 0.930 bits per heavy atom. The highest BCUT2D eigenvalue weighted by molar-refractivity contribution is 5.86. The minimum Gasteiger partial charge on any atom is -0.459 e. The van der Waals surface area contributed by atoms with Crippen LogP contribution in [0, 0.1) is 17.8 Å². The third-order valence-electron chi connectivity index (χ3n) is 6.21. The fourth-order valence-corrected chi connectivity index (χ4v) is 3.73. The van der Waals surface area contributed by atoms with Gasteiger partial charge in [-0.15, -0.1) is 0 Å². The lowest BCUT2D eigenvalue weighted by molar-refractivity contribution is -0.226. The molecule has 0 bridgehead atoms. The first kappa shape index (κ1) is 33.1. The van der Waals surface area contributed by atoms with E-state index in [2.05, 4.69) is 4.98 Å². The molecule has 43 heavy (non-hydrogen) atoms. The molecule has 2 aromatic rings. The molecule has 0 radical (unpaired) electrons. The average Bonchev–Trinajstić information content (AvgIpc) is 3.22. The topological polar surface area (TPSA) is 171 Å². The van der Waals surface area contributed by atoms with Crippen LogP contribution in [0.4, 0.5) is 4.39 Å². The van der Waals surface area contributed by atoms with Crippen molar-refractivity contribution in [2.75, 3.05) is 6.61 Å². The third kappa shape index (κ3) is 7.71. The van der Waals surface area contributed by atoms with Gasteiger partial charge in [0.05, 0.1) is 17.8 Å². The second-order valence-corrected chi connectivity index (χ2v) is 10.7. The molecule has 15 heteroatoms. The summed E-state index contributed by atoms with van der Waals surface area (Å²) in [7, 11) is 0. The van der Waals surface area contributed by atoms with Gasteiger partial charge in [-0.25, -0.2) is 23.5 Å². The van der Waals surface area contributed by atoms with E-state index >= 15 is 4.39 Å². The molecule has 0 N–H and O–H groups in total. The number of pyridine rings is 1. The normalized spacial score (nSPS) is 21.6. The van der Waals surface area contributed by atoms with Crippen LogP contribution in [0.5, 0.6) is 0 Å². The van der Waals surface area contributed by atoms with Crippen LogP contribution in [-0.4, -0.2) is 62.7 Å². The number of carbonyl (C=O) groups is 4. The van der Waals surface area contributed by atoms with Crippen LogP contribution in [0.1, 0.15) is 58.3 Å². The van der Waals surface area contributed by atoms with Gasteiger partial charge in [0.15, 0.2) is 25.7 Å². The smallest absolute Gasteiger partial charge is 0.358 e. The number of carbonyl (C=O) groups excluding carboxylic acids is 4. The van der Waals surface area contributed by atoms with E-state index in [1.807, 2.05) is 0 Å². The zero-order valence-electron chi connectivity index (χ0n) is 24.6. The van der Waals surface area contributed by atoms with E-state index in [1.165, 1.54) is 59.9 Å². The molecule has 234 valence electrons. The molecule has 0 aliphatic carbocycles. The van der Waals surface area contributed by atoms with Crippen molar-refractivity contribution in [1.29, 1.82) is 0 Å². The predicted molar refractivity (Wildman–Crippen MR) is 144 cm³/mol. The summed E-state index contributed by atoms with van der Waals surface area (Å²) in [6.45, 7) is 7.05. The van der Waals surface area contributed by atoms with Gasteiger partial charge in [0.1, 0.15) is 5.69 Å². The van der Waals surface area contributed by atoms with Gasteiger partial charge >= 0.3 is 29.6 Å². The van der Waals surface area contributed by atoms with E-state index in [9.17, 15) is 28.8 Å². The van der Waals surface area contributed by atoms with Gasteiger partial charge < -0.3 is 23.7 Å². The Hall–Kier alpha value is -4.40. The fraction of sp³-hybridized carbons (Fsp3) is 0.536. The lowest BCUT2D eigenvalue weighted by Gasteiger charge is -2.28. The Kier molecular flexibility index (Phi) is 10.6. The van der Waals surface area contributed by atoms with Crippen LogP contribution in [0.2, 0.25) is 0 Å². The average molecular weight is 608 g/mol. The number of hydrogen-bond donors (Lipinski definition) is 0. The molecule has 4 atom stereocenters. The van der Waals surface area contributed by atoms with Crippen molar-refractivity contribution in [3.8, 4) is 0 Å². The van der Waals surface area contributed by atoms with Crippen LogP contribution < -0.4 is 11.2 Å². The Labute approximate surface area is 245 Å². The molecule has 1 fully saturated rings. The Bertz CT molecular complexity index is 1450. The maximum absolute atomic E-state index is 16.6. The number of ether oxygens (including phenoxy) is 5. The van der Waals surface area contributed by atoms with E-state index < -0.39 is 90.5 Å². The number of rotatable bonds is 11. The summed E-state index contributed by atoms with van der Waals surface area (Å²) in [6.07, 6.45) is -3.29. The Morgan fingerprint density at radius 2 is 1.56 bits per heavy atom. The van der Waals surface area contributed by atoms with Crippen LogP contribution in [0.15, 0.2) is 46.2 Å². The SMILES string of the molecule is CC(C)C(=O)OC[C@@]1(F)O[C@@H](n2ccc(=O)n(COC(=O)c3ccccn3)c2=O)[C@H](OC(=O)C(C)C)[C@@H]1OC(=O)C(C)C. The van der Waals surface area contributed by atoms with Gasteiger partial charge in [0.25, 0.3) is 11.4 Å². The molecule has 1 saturated heterocycles. The van der Waals surface area contributed by atoms with Crippen LogP contribution >= 0.6 is 0 Å². The quantitative estimate of drug-likeness (QED) is 0.268. The zero-order chi connectivity index (χ0) is 32.1. The predicted octanol–water partition coefficient (Wildman–Crippen LogP) is 1.75. The lowest BCUT2D eigenvalue weighted by atomic mass is 10.1. The van der Waals surface area contributed by atoms with Crippen LogP contribution in [0.3, 0.4) is 0 Å². The number of halogens is 1. The highest BCUT2D eigenvalue weighted by atomic mass is 19.2. The molecular formula is C28H34FN3O11. The second-order valence-electron chi connectivity index (χ2n) is 10.7. The number of esters is 4. The summed E-state index contributed by atoms with van der Waals surface area (Å²) in [6, 6.07) is 5.37. The van der Waals surface area contributed by atoms with Crippen LogP contribution in [0.25, 0.3) is 0 Å². The maximum atomic E-state index is 16.6. The van der Waals surface area contributed by atoms with E-state index in [4.69, 9.17) is 23.7 Å². The number of alkyl halides is 1. The summed E-state index contributed by atoms with van der Waals surface area (Å²) in [4.78, 5) is 79.7. The molecule has 0 aromatic carbocycles. The highest BCUT2D eigenvalue weighted by Crippen LogP contribution is 2.42. The van der Waals surface area contributed by atoms with E-state index in [-0.39, 0.29) is 5.69 Å². The molecule has 0 spiro atoms. The van der Waals surface area contributed by atoms with Gasteiger partial charge in [0, 0.05) is 18.5 Å². The van der Waals surface area contributed by atoms with E-state index in [0.717, 1.165) is 16.8 Å². The summed E-state index contributed by atoms with van der Waals surface area (Å²) >= 11 is 0. The minimum absolute atomic E-state index is 0.0837. The lowest BCUT2D eigenvalue weighted by Crippen LogP contribution is -2.49. The zero-order valence-corrected chi connectivity index (χ0v) is 24.6. The summed E-state index contributed by atoms with van der Waals surface area (Å²) in [5.41, 5.74) is -2.11. The van der Waals surface area contributed by atoms with Gasteiger partial charge in [-0.05, 0) is 12.1 Å². The van der Waals surface area contributed by atoms with Crippen molar-refractivity contribution in [1.82, 2.24) is 14.1 Å². The van der Waals surface area contributed by atoms with E-state index in [0.29, 0.717) is 4.57 Å². The highest BCUT2D eigenvalue weighted by Gasteiger charge is 2.62. The van der Waals surface area contributed by atoms with Gasteiger partial charge in [-0.2, -0.15) is 0 Å². The summed E-state index contributed by atoms with van der Waals surface area (Å²) < 4.78 is 44.4. The first-order chi connectivity index (χ1) is 20.2. The molecule has 0 amide bonds. The third-order valence-corrected chi connectivity index (χ3v) is 6.21. The van der Waals surface area contributed by atoms with Crippen molar-refractivity contribution in [2.45, 2.75) is 72.6 Å². The molecule has 3 heterocycles. The molecule has 1 aliphatic heterocycles.